The Bertz CT molecular complexity index is 162. The number of hydrogen-bond donors (Lipinski definition) is 0. The van der Waals surface area contributed by atoms with Gasteiger partial charge in [0.1, 0.15) is 6.10 Å². The first-order valence-corrected chi connectivity index (χ1v) is 5.64. The highest BCUT2D eigenvalue weighted by Gasteiger charge is 2.20. The lowest BCUT2D eigenvalue weighted by atomic mass is 10.0. The molecule has 1 atom stereocenters. The van der Waals surface area contributed by atoms with Crippen molar-refractivity contribution in [1.29, 1.82) is 0 Å². The number of carbonyl (C=O) groups excluding carboxylic acids is 1. The Morgan fingerprint density at radius 2 is 1.79 bits per heavy atom. The van der Waals surface area contributed by atoms with Gasteiger partial charge in [-0.3, -0.25) is 4.79 Å². The fraction of sp³-hybridized carbons (Fsp3) is 0.917. The molecule has 0 spiro atoms. The van der Waals surface area contributed by atoms with Crippen molar-refractivity contribution in [3.8, 4) is 0 Å². The first-order valence-electron chi connectivity index (χ1n) is 5.64. The lowest BCUT2D eigenvalue weighted by Gasteiger charge is -2.19. The van der Waals surface area contributed by atoms with Crippen molar-refractivity contribution in [3.63, 3.8) is 0 Å². The highest BCUT2D eigenvalue weighted by molar-refractivity contribution is 5.84. The van der Waals surface area contributed by atoms with Crippen molar-refractivity contribution in [2.45, 2.75) is 53.6 Å². The molecule has 2 heteroatoms. The van der Waals surface area contributed by atoms with Gasteiger partial charge in [-0.25, -0.2) is 0 Å². The molecule has 0 aromatic heterocycles. The van der Waals surface area contributed by atoms with Crippen LogP contribution in [0.3, 0.4) is 0 Å². The SMILES string of the molecule is CCC[C@@H](OCC(C)C)C(=O)C(C)C. The first kappa shape index (κ1) is 13.6. The van der Waals surface area contributed by atoms with E-state index in [2.05, 4.69) is 20.8 Å². The lowest BCUT2D eigenvalue weighted by Crippen LogP contribution is -2.29. The Hall–Kier alpha value is -0.370. The molecule has 0 saturated carbocycles. The largest absolute Gasteiger partial charge is 0.370 e. The molecule has 14 heavy (non-hydrogen) atoms. The summed E-state index contributed by atoms with van der Waals surface area (Å²) in [6.45, 7) is 10.8. The molecule has 0 amide bonds. The molecule has 0 aliphatic rings. The Labute approximate surface area is 88.0 Å². The molecule has 0 aromatic rings. The maximum Gasteiger partial charge on any atom is 0.164 e. The van der Waals surface area contributed by atoms with Gasteiger partial charge < -0.3 is 4.74 Å². The molecule has 0 saturated heterocycles. The molecule has 0 aromatic carbocycles. The highest BCUT2D eigenvalue weighted by Crippen LogP contribution is 2.11. The number of ketones is 1. The summed E-state index contributed by atoms with van der Waals surface area (Å²) >= 11 is 0. The zero-order valence-corrected chi connectivity index (χ0v) is 10.2. The van der Waals surface area contributed by atoms with Crippen LogP contribution in [0.4, 0.5) is 0 Å². The van der Waals surface area contributed by atoms with Crippen molar-refractivity contribution >= 4 is 5.78 Å². The number of ether oxygens (including phenoxy) is 1. The minimum absolute atomic E-state index is 0.0821. The number of hydrogen-bond acceptors (Lipinski definition) is 2. The minimum Gasteiger partial charge on any atom is -0.370 e. The van der Waals surface area contributed by atoms with E-state index in [-0.39, 0.29) is 17.8 Å². The summed E-state index contributed by atoms with van der Waals surface area (Å²) < 4.78 is 5.62. The van der Waals surface area contributed by atoms with E-state index in [9.17, 15) is 4.79 Å². The maximum absolute atomic E-state index is 11.7. The summed E-state index contributed by atoms with van der Waals surface area (Å²) in [7, 11) is 0. The van der Waals surface area contributed by atoms with Crippen molar-refractivity contribution in [1.82, 2.24) is 0 Å². The highest BCUT2D eigenvalue weighted by atomic mass is 16.5. The van der Waals surface area contributed by atoms with Crippen molar-refractivity contribution < 1.29 is 9.53 Å². The number of carbonyl (C=O) groups is 1. The van der Waals surface area contributed by atoms with Gasteiger partial charge in [0.05, 0.1) is 0 Å². The smallest absolute Gasteiger partial charge is 0.164 e. The van der Waals surface area contributed by atoms with Gasteiger partial charge in [-0.2, -0.15) is 0 Å². The molecule has 0 rings (SSSR count). The van der Waals surface area contributed by atoms with Crippen LogP contribution in [0, 0.1) is 11.8 Å². The normalized spacial score (nSPS) is 13.6. The van der Waals surface area contributed by atoms with Crippen LogP contribution in [0.2, 0.25) is 0 Å². The average molecular weight is 200 g/mol. The third-order valence-electron chi connectivity index (χ3n) is 2.07. The Morgan fingerprint density at radius 3 is 2.14 bits per heavy atom. The molecule has 0 bridgehead atoms. The summed E-state index contributed by atoms with van der Waals surface area (Å²) in [6.07, 6.45) is 1.67. The van der Waals surface area contributed by atoms with Gasteiger partial charge >= 0.3 is 0 Å². The van der Waals surface area contributed by atoms with Crippen LogP contribution in [0.1, 0.15) is 47.5 Å². The number of rotatable bonds is 7. The molecule has 0 unspecified atom stereocenters. The quantitative estimate of drug-likeness (QED) is 0.631. The van der Waals surface area contributed by atoms with Gasteiger partial charge in [-0.1, -0.05) is 41.0 Å². The molecule has 0 heterocycles. The number of Topliss-reactive ketones (excluding diaryl/α,β-unsaturated/α-hetero) is 1. The molecule has 2 nitrogen and oxygen atoms in total. The van der Waals surface area contributed by atoms with Crippen LogP contribution in [-0.2, 0) is 9.53 Å². The van der Waals surface area contributed by atoms with Crippen LogP contribution < -0.4 is 0 Å². The first-order chi connectivity index (χ1) is 6.49. The molecule has 0 N–H and O–H groups in total. The fourth-order valence-electron chi connectivity index (χ4n) is 1.25. The van der Waals surface area contributed by atoms with Crippen molar-refractivity contribution in [3.05, 3.63) is 0 Å². The second kappa shape index (κ2) is 6.99. The van der Waals surface area contributed by atoms with E-state index in [0.717, 1.165) is 12.8 Å². The fourth-order valence-corrected chi connectivity index (χ4v) is 1.25. The molecule has 84 valence electrons. The van der Waals surface area contributed by atoms with E-state index in [1.807, 2.05) is 13.8 Å². The van der Waals surface area contributed by atoms with Gasteiger partial charge in [0.15, 0.2) is 5.78 Å². The minimum atomic E-state index is -0.178. The van der Waals surface area contributed by atoms with Gasteiger partial charge in [0.2, 0.25) is 0 Å². The second-order valence-electron chi connectivity index (χ2n) is 4.56. The molecule has 0 aliphatic carbocycles. The zero-order chi connectivity index (χ0) is 11.1. The molecular formula is C12H24O2. The summed E-state index contributed by atoms with van der Waals surface area (Å²) in [5.41, 5.74) is 0. The van der Waals surface area contributed by atoms with Gasteiger partial charge in [0, 0.05) is 12.5 Å². The van der Waals surface area contributed by atoms with Crippen LogP contribution in [0.15, 0.2) is 0 Å². The maximum atomic E-state index is 11.7. The van der Waals surface area contributed by atoms with E-state index in [1.165, 1.54) is 0 Å². The molecule has 0 fully saturated rings. The molecule has 0 aliphatic heterocycles. The van der Waals surface area contributed by atoms with E-state index in [0.29, 0.717) is 12.5 Å². The van der Waals surface area contributed by atoms with Crippen LogP contribution in [-0.4, -0.2) is 18.5 Å². The second-order valence-corrected chi connectivity index (χ2v) is 4.56. The van der Waals surface area contributed by atoms with Crippen LogP contribution in [0.5, 0.6) is 0 Å². The molecule has 0 radical (unpaired) electrons. The Morgan fingerprint density at radius 1 is 1.21 bits per heavy atom. The topological polar surface area (TPSA) is 26.3 Å². The third kappa shape index (κ3) is 5.38. The van der Waals surface area contributed by atoms with Crippen molar-refractivity contribution in [2.75, 3.05) is 6.61 Å². The van der Waals surface area contributed by atoms with Gasteiger partial charge in [-0.05, 0) is 12.3 Å². The summed E-state index contributed by atoms with van der Waals surface area (Å²) in [5, 5.41) is 0. The van der Waals surface area contributed by atoms with Gasteiger partial charge in [0.25, 0.3) is 0 Å². The third-order valence-corrected chi connectivity index (χ3v) is 2.07. The summed E-state index contributed by atoms with van der Waals surface area (Å²) in [4.78, 5) is 11.7. The monoisotopic (exact) mass is 200 g/mol. The molecular weight excluding hydrogens is 176 g/mol. The Kier molecular flexibility index (Phi) is 6.81. The lowest BCUT2D eigenvalue weighted by molar-refractivity contribution is -0.134. The zero-order valence-electron chi connectivity index (χ0n) is 10.2. The summed E-state index contributed by atoms with van der Waals surface area (Å²) in [5.74, 6) is 0.820. The van der Waals surface area contributed by atoms with E-state index >= 15 is 0 Å². The van der Waals surface area contributed by atoms with E-state index < -0.39 is 0 Å². The van der Waals surface area contributed by atoms with Crippen LogP contribution >= 0.6 is 0 Å². The standard InChI is InChI=1S/C12H24O2/c1-6-7-11(12(13)10(4)5)14-8-9(2)3/h9-11H,6-8H2,1-5H3/t11-/m1/s1. The Balaban J connectivity index is 4.07. The average Bonchev–Trinajstić information content (AvgIpc) is 2.10. The van der Waals surface area contributed by atoms with E-state index in [1.54, 1.807) is 0 Å². The van der Waals surface area contributed by atoms with Gasteiger partial charge in [-0.15, -0.1) is 0 Å². The predicted octanol–water partition coefficient (Wildman–Crippen LogP) is 3.05. The van der Waals surface area contributed by atoms with Crippen molar-refractivity contribution in [2.24, 2.45) is 11.8 Å². The predicted molar refractivity (Wildman–Crippen MR) is 59.3 cm³/mol. The summed E-state index contributed by atoms with van der Waals surface area (Å²) in [6, 6.07) is 0. The van der Waals surface area contributed by atoms with Crippen LogP contribution in [0.25, 0.3) is 0 Å². The van der Waals surface area contributed by atoms with E-state index in [4.69, 9.17) is 4.74 Å².